The minimum atomic E-state index is -4.75. The predicted molar refractivity (Wildman–Crippen MR) is 73.8 cm³/mol. The van der Waals surface area contributed by atoms with Gasteiger partial charge >= 0.3 is 13.3 Å². The van der Waals surface area contributed by atoms with Gasteiger partial charge in [0.05, 0.1) is 16.8 Å². The molecule has 3 nitrogen and oxygen atoms in total. The smallest absolute Gasteiger partial charge is 0.398 e. The van der Waals surface area contributed by atoms with E-state index in [4.69, 9.17) is 14.0 Å². The lowest BCUT2D eigenvalue weighted by atomic mass is 9.78. The second-order valence-corrected chi connectivity index (χ2v) is 6.73. The molecule has 2 aliphatic heterocycles. The Balaban J connectivity index is 2.34. The molecular weight excluding hydrogens is 303 g/mol. The molecule has 2 saturated heterocycles. The van der Waals surface area contributed by atoms with E-state index in [9.17, 15) is 17.6 Å². The highest BCUT2D eigenvalue weighted by Gasteiger charge is 2.56. The molecule has 8 heteroatoms. The topological polar surface area (TPSA) is 27.7 Å². The van der Waals surface area contributed by atoms with Crippen LogP contribution in [0.25, 0.3) is 0 Å². The van der Waals surface area contributed by atoms with Gasteiger partial charge < -0.3 is 14.0 Å². The van der Waals surface area contributed by atoms with Gasteiger partial charge in [0.1, 0.15) is 5.73 Å². The zero-order chi connectivity index (χ0) is 16.8. The van der Waals surface area contributed by atoms with E-state index in [2.05, 4.69) is 0 Å². The van der Waals surface area contributed by atoms with Gasteiger partial charge in [0, 0.05) is 13.2 Å². The predicted octanol–water partition coefficient (Wildman–Crippen LogP) is 3.83. The molecule has 2 aliphatic rings. The average Bonchev–Trinajstić information content (AvgIpc) is 2.58. The van der Waals surface area contributed by atoms with E-state index in [1.165, 1.54) is 0 Å². The standard InChI is InChI=1S/C14H21BF4O3/c1-12(2)13(3,4)22-15(21-12)11(16)10(14(17,18)19)9-5-7-20-8-6-9/h9H,5-8H2,1-4H3. The first kappa shape index (κ1) is 17.8. The minimum absolute atomic E-state index is 0.141. The first-order chi connectivity index (χ1) is 9.96. The SMILES string of the molecule is CC1(C)OB(C(F)=C(C2CCOCC2)C(F)(F)F)OC1(C)C. The van der Waals surface area contributed by atoms with Crippen molar-refractivity contribution in [1.82, 2.24) is 0 Å². The number of rotatable bonds is 2. The van der Waals surface area contributed by atoms with Crippen LogP contribution in [0, 0.1) is 5.92 Å². The third-order valence-corrected chi connectivity index (χ3v) is 4.65. The fourth-order valence-corrected chi connectivity index (χ4v) is 2.62. The summed E-state index contributed by atoms with van der Waals surface area (Å²) >= 11 is 0. The summed E-state index contributed by atoms with van der Waals surface area (Å²) in [5.41, 5.74) is -4.31. The number of hydrogen-bond acceptors (Lipinski definition) is 3. The van der Waals surface area contributed by atoms with Crippen molar-refractivity contribution in [1.29, 1.82) is 0 Å². The fourth-order valence-electron chi connectivity index (χ4n) is 2.62. The normalized spacial score (nSPS) is 27.0. The lowest BCUT2D eigenvalue weighted by Gasteiger charge is -2.32. The van der Waals surface area contributed by atoms with Gasteiger partial charge in [-0.05, 0) is 46.5 Å². The summed E-state index contributed by atoms with van der Waals surface area (Å²) in [6.45, 7) is 7.07. The highest BCUT2D eigenvalue weighted by molar-refractivity contribution is 6.53. The minimum Gasteiger partial charge on any atom is -0.398 e. The molecule has 0 unspecified atom stereocenters. The molecule has 0 bridgehead atoms. The number of allylic oxidation sites excluding steroid dienone is 1. The van der Waals surface area contributed by atoms with E-state index in [1.54, 1.807) is 27.7 Å². The molecule has 2 fully saturated rings. The van der Waals surface area contributed by atoms with E-state index < -0.39 is 41.7 Å². The van der Waals surface area contributed by atoms with Crippen LogP contribution in [0.3, 0.4) is 0 Å². The molecule has 0 aromatic carbocycles. The molecule has 2 heterocycles. The molecule has 0 N–H and O–H groups in total. The average molecular weight is 324 g/mol. The maximum Gasteiger partial charge on any atom is 0.525 e. The first-order valence-electron chi connectivity index (χ1n) is 7.36. The zero-order valence-electron chi connectivity index (χ0n) is 13.2. The van der Waals surface area contributed by atoms with Crippen molar-refractivity contribution in [2.75, 3.05) is 13.2 Å². The van der Waals surface area contributed by atoms with Crippen LogP contribution in [0.4, 0.5) is 17.6 Å². The summed E-state index contributed by atoms with van der Waals surface area (Å²) in [5, 5.41) is 0. The van der Waals surface area contributed by atoms with Crippen LogP contribution in [0.15, 0.2) is 11.3 Å². The van der Waals surface area contributed by atoms with Crippen molar-refractivity contribution in [3.8, 4) is 0 Å². The first-order valence-corrected chi connectivity index (χ1v) is 7.36. The number of hydrogen-bond donors (Lipinski definition) is 0. The zero-order valence-corrected chi connectivity index (χ0v) is 13.2. The largest absolute Gasteiger partial charge is 0.525 e. The third-order valence-electron chi connectivity index (χ3n) is 4.65. The van der Waals surface area contributed by atoms with Crippen LogP contribution in [0.5, 0.6) is 0 Å². The van der Waals surface area contributed by atoms with Crippen molar-refractivity contribution < 1.29 is 31.6 Å². The molecule has 0 spiro atoms. The number of halogens is 4. The molecule has 0 aromatic rings. The molecule has 0 radical (unpaired) electrons. The Bertz CT molecular complexity index is 437. The Morgan fingerprint density at radius 3 is 1.86 bits per heavy atom. The molecule has 0 aliphatic carbocycles. The summed E-state index contributed by atoms with van der Waals surface area (Å²) in [6.07, 6.45) is -4.47. The Morgan fingerprint density at radius 1 is 1.00 bits per heavy atom. The van der Waals surface area contributed by atoms with Gasteiger partial charge in [0.2, 0.25) is 0 Å². The van der Waals surface area contributed by atoms with Crippen molar-refractivity contribution in [3.63, 3.8) is 0 Å². The van der Waals surface area contributed by atoms with E-state index in [-0.39, 0.29) is 26.1 Å². The van der Waals surface area contributed by atoms with E-state index in [0.29, 0.717) is 0 Å². The molecule has 22 heavy (non-hydrogen) atoms. The van der Waals surface area contributed by atoms with Gasteiger partial charge in [-0.1, -0.05) is 0 Å². The molecule has 126 valence electrons. The third kappa shape index (κ3) is 3.33. The second-order valence-electron chi connectivity index (χ2n) is 6.73. The van der Waals surface area contributed by atoms with Crippen LogP contribution in [0.2, 0.25) is 0 Å². The highest BCUT2D eigenvalue weighted by Crippen LogP contribution is 2.44. The molecule has 0 saturated carbocycles. The molecule has 0 atom stereocenters. The molecule has 0 aromatic heterocycles. The van der Waals surface area contributed by atoms with Gasteiger partial charge in [-0.25, -0.2) is 4.39 Å². The lowest BCUT2D eigenvalue weighted by molar-refractivity contribution is -0.105. The quantitative estimate of drug-likeness (QED) is 0.571. The number of ether oxygens (including phenoxy) is 1. The summed E-state index contributed by atoms with van der Waals surface area (Å²) in [5.74, 6) is -0.923. The summed E-state index contributed by atoms with van der Waals surface area (Å²) in [4.78, 5) is 0. The second kappa shape index (κ2) is 5.80. The Morgan fingerprint density at radius 2 is 1.45 bits per heavy atom. The number of alkyl halides is 3. The fraction of sp³-hybridized carbons (Fsp3) is 0.857. The van der Waals surface area contributed by atoms with Crippen LogP contribution in [0.1, 0.15) is 40.5 Å². The van der Waals surface area contributed by atoms with Crippen molar-refractivity contribution in [2.24, 2.45) is 5.92 Å². The van der Waals surface area contributed by atoms with Crippen LogP contribution in [-0.2, 0) is 14.0 Å². The molecular formula is C14H21BF4O3. The summed E-state index contributed by atoms with van der Waals surface area (Å²) < 4.78 is 70.5. The van der Waals surface area contributed by atoms with E-state index in [0.717, 1.165) is 0 Å². The maximum atomic E-state index is 14.6. The van der Waals surface area contributed by atoms with Gasteiger partial charge in [0.15, 0.2) is 0 Å². The van der Waals surface area contributed by atoms with E-state index >= 15 is 0 Å². The molecule has 2 rings (SSSR count). The van der Waals surface area contributed by atoms with Crippen LogP contribution in [-0.4, -0.2) is 37.7 Å². The summed E-state index contributed by atoms with van der Waals surface area (Å²) in [7, 11) is -1.62. The monoisotopic (exact) mass is 324 g/mol. The maximum absolute atomic E-state index is 14.6. The Labute approximate surface area is 128 Å². The van der Waals surface area contributed by atoms with Crippen molar-refractivity contribution >= 4 is 7.12 Å². The lowest BCUT2D eigenvalue weighted by Crippen LogP contribution is -2.41. The van der Waals surface area contributed by atoms with Crippen LogP contribution >= 0.6 is 0 Å². The van der Waals surface area contributed by atoms with Crippen molar-refractivity contribution in [3.05, 3.63) is 11.3 Å². The van der Waals surface area contributed by atoms with E-state index in [1.807, 2.05) is 0 Å². The van der Waals surface area contributed by atoms with Crippen molar-refractivity contribution in [2.45, 2.75) is 57.9 Å². The van der Waals surface area contributed by atoms with Gasteiger partial charge in [0.25, 0.3) is 0 Å². The molecule has 0 amide bonds. The van der Waals surface area contributed by atoms with Crippen LogP contribution < -0.4 is 0 Å². The van der Waals surface area contributed by atoms with Gasteiger partial charge in [-0.15, -0.1) is 0 Å². The Kier molecular flexibility index (Phi) is 4.68. The highest BCUT2D eigenvalue weighted by atomic mass is 19.4. The summed E-state index contributed by atoms with van der Waals surface area (Å²) in [6, 6.07) is 0. The van der Waals surface area contributed by atoms with Gasteiger partial charge in [-0.3, -0.25) is 0 Å². The Hall–Kier alpha value is -0.595. The van der Waals surface area contributed by atoms with Gasteiger partial charge in [-0.2, -0.15) is 13.2 Å².